The Morgan fingerprint density at radius 3 is 3.06 bits per heavy atom. The van der Waals surface area contributed by atoms with Crippen LogP contribution in [0.1, 0.15) is 31.7 Å². The first kappa shape index (κ1) is 13.7. The predicted octanol–water partition coefficient (Wildman–Crippen LogP) is 3.67. The zero-order chi connectivity index (χ0) is 12.8. The van der Waals surface area contributed by atoms with Crippen molar-refractivity contribution in [2.45, 2.75) is 32.6 Å². The summed E-state index contributed by atoms with van der Waals surface area (Å²) < 4.78 is 5.82. The number of hydrogen-bond acceptors (Lipinski definition) is 2. The maximum Gasteiger partial charge on any atom is 0.119 e. The van der Waals surface area contributed by atoms with Gasteiger partial charge >= 0.3 is 0 Å². The number of aryl methyl sites for hydroxylation is 1. The summed E-state index contributed by atoms with van der Waals surface area (Å²) in [7, 11) is 0. The third-order valence-electron chi connectivity index (χ3n) is 3.59. The van der Waals surface area contributed by atoms with Gasteiger partial charge in [-0.1, -0.05) is 18.5 Å². The summed E-state index contributed by atoms with van der Waals surface area (Å²) in [6.45, 7) is 5.23. The molecule has 0 saturated carbocycles. The second kappa shape index (κ2) is 7.01. The van der Waals surface area contributed by atoms with Gasteiger partial charge in [-0.15, -0.1) is 0 Å². The summed E-state index contributed by atoms with van der Waals surface area (Å²) in [4.78, 5) is 0. The molecule has 1 saturated heterocycles. The van der Waals surface area contributed by atoms with Crippen LogP contribution >= 0.6 is 11.6 Å². The molecule has 100 valence electrons. The number of nitrogens with one attached hydrogen (secondary N) is 1. The van der Waals surface area contributed by atoms with E-state index in [-0.39, 0.29) is 0 Å². The van der Waals surface area contributed by atoms with Crippen LogP contribution in [0.15, 0.2) is 18.2 Å². The predicted molar refractivity (Wildman–Crippen MR) is 76.5 cm³/mol. The van der Waals surface area contributed by atoms with E-state index in [4.69, 9.17) is 16.3 Å². The van der Waals surface area contributed by atoms with E-state index in [9.17, 15) is 0 Å². The fourth-order valence-corrected chi connectivity index (χ4v) is 2.68. The quantitative estimate of drug-likeness (QED) is 0.879. The second-order valence-corrected chi connectivity index (χ2v) is 5.36. The van der Waals surface area contributed by atoms with Crippen molar-refractivity contribution in [3.63, 3.8) is 0 Å². The summed E-state index contributed by atoms with van der Waals surface area (Å²) in [6.07, 6.45) is 4.71. The standard InChI is InChI=1S/C15H22ClNO/c1-2-13-10-14(5-6-15(13)16)18-9-7-12-4-3-8-17-11-12/h5-6,10,12,17H,2-4,7-9,11H2,1H3. The zero-order valence-corrected chi connectivity index (χ0v) is 11.8. The van der Waals surface area contributed by atoms with E-state index in [0.717, 1.165) is 48.2 Å². The van der Waals surface area contributed by atoms with Gasteiger partial charge < -0.3 is 10.1 Å². The first-order valence-electron chi connectivity index (χ1n) is 6.91. The van der Waals surface area contributed by atoms with E-state index in [1.807, 2.05) is 12.1 Å². The first-order valence-corrected chi connectivity index (χ1v) is 7.29. The number of rotatable bonds is 5. The second-order valence-electron chi connectivity index (χ2n) is 4.96. The van der Waals surface area contributed by atoms with Crippen LogP contribution in [-0.4, -0.2) is 19.7 Å². The molecular weight excluding hydrogens is 246 g/mol. The molecule has 0 bridgehead atoms. The number of hydrogen-bond donors (Lipinski definition) is 1. The van der Waals surface area contributed by atoms with Gasteiger partial charge in [0.15, 0.2) is 0 Å². The fraction of sp³-hybridized carbons (Fsp3) is 0.600. The van der Waals surface area contributed by atoms with Crippen molar-refractivity contribution in [2.24, 2.45) is 5.92 Å². The Balaban J connectivity index is 1.79. The van der Waals surface area contributed by atoms with Crippen molar-refractivity contribution >= 4 is 11.6 Å². The minimum absolute atomic E-state index is 0.775. The minimum atomic E-state index is 0.775. The average Bonchev–Trinajstić information content (AvgIpc) is 2.42. The van der Waals surface area contributed by atoms with Crippen LogP contribution in [0.5, 0.6) is 5.75 Å². The van der Waals surface area contributed by atoms with Crippen LogP contribution < -0.4 is 10.1 Å². The lowest BCUT2D eigenvalue weighted by Crippen LogP contribution is -2.30. The lowest BCUT2D eigenvalue weighted by molar-refractivity contribution is 0.254. The summed E-state index contributed by atoms with van der Waals surface area (Å²) >= 11 is 6.09. The highest BCUT2D eigenvalue weighted by atomic mass is 35.5. The molecule has 2 nitrogen and oxygen atoms in total. The molecule has 0 amide bonds. The molecule has 0 aliphatic carbocycles. The van der Waals surface area contributed by atoms with Gasteiger partial charge in [-0.25, -0.2) is 0 Å². The highest BCUT2D eigenvalue weighted by Crippen LogP contribution is 2.23. The maximum absolute atomic E-state index is 6.09. The Kier molecular flexibility index (Phi) is 5.33. The molecule has 0 radical (unpaired) electrons. The van der Waals surface area contributed by atoms with Crippen molar-refractivity contribution < 1.29 is 4.74 Å². The van der Waals surface area contributed by atoms with Crippen LogP contribution in [0, 0.1) is 5.92 Å². The van der Waals surface area contributed by atoms with Crippen LogP contribution in [0.4, 0.5) is 0 Å². The molecule has 1 N–H and O–H groups in total. The number of piperidine rings is 1. The van der Waals surface area contributed by atoms with Crippen molar-refractivity contribution in [3.05, 3.63) is 28.8 Å². The monoisotopic (exact) mass is 267 g/mol. The molecule has 0 spiro atoms. The minimum Gasteiger partial charge on any atom is -0.494 e. The fourth-order valence-electron chi connectivity index (χ4n) is 2.43. The lowest BCUT2D eigenvalue weighted by Gasteiger charge is -2.22. The van der Waals surface area contributed by atoms with E-state index in [0.29, 0.717) is 0 Å². The first-order chi connectivity index (χ1) is 8.79. The summed E-state index contributed by atoms with van der Waals surface area (Å²) in [5.41, 5.74) is 1.16. The average molecular weight is 268 g/mol. The SMILES string of the molecule is CCc1cc(OCCC2CCCNC2)ccc1Cl. The molecule has 18 heavy (non-hydrogen) atoms. The molecule has 1 atom stereocenters. The molecule has 1 aliphatic heterocycles. The van der Waals surface area contributed by atoms with Crippen LogP contribution in [0.3, 0.4) is 0 Å². The van der Waals surface area contributed by atoms with E-state index < -0.39 is 0 Å². The highest BCUT2D eigenvalue weighted by Gasteiger charge is 2.12. The van der Waals surface area contributed by atoms with Gasteiger partial charge in [0.1, 0.15) is 5.75 Å². The molecule has 0 aromatic heterocycles. The zero-order valence-electron chi connectivity index (χ0n) is 11.0. The molecule has 2 rings (SSSR count). The molecule has 1 fully saturated rings. The molecule has 1 heterocycles. The molecular formula is C15H22ClNO. The molecule has 1 aliphatic rings. The summed E-state index contributed by atoms with van der Waals surface area (Å²) in [6, 6.07) is 5.94. The molecule has 1 aromatic carbocycles. The van der Waals surface area contributed by atoms with E-state index in [1.165, 1.54) is 19.4 Å². The van der Waals surface area contributed by atoms with Crippen LogP contribution in [0.25, 0.3) is 0 Å². The third-order valence-corrected chi connectivity index (χ3v) is 3.96. The Labute approximate surface area is 115 Å². The third kappa shape index (κ3) is 3.89. The molecule has 3 heteroatoms. The van der Waals surface area contributed by atoms with Crippen molar-refractivity contribution in [1.82, 2.24) is 5.32 Å². The normalized spacial score (nSPS) is 19.8. The Bertz CT molecular complexity index is 375. The Hall–Kier alpha value is -0.730. The van der Waals surface area contributed by atoms with Crippen LogP contribution in [0.2, 0.25) is 5.02 Å². The maximum atomic E-state index is 6.09. The van der Waals surface area contributed by atoms with E-state index in [1.54, 1.807) is 0 Å². The highest BCUT2D eigenvalue weighted by molar-refractivity contribution is 6.31. The Morgan fingerprint density at radius 1 is 1.44 bits per heavy atom. The lowest BCUT2D eigenvalue weighted by atomic mass is 9.97. The van der Waals surface area contributed by atoms with Gasteiger partial charge in [-0.2, -0.15) is 0 Å². The number of ether oxygens (including phenoxy) is 1. The van der Waals surface area contributed by atoms with Gasteiger partial charge in [0.2, 0.25) is 0 Å². The van der Waals surface area contributed by atoms with Gasteiger partial charge in [-0.3, -0.25) is 0 Å². The van der Waals surface area contributed by atoms with E-state index in [2.05, 4.69) is 18.3 Å². The molecule has 1 unspecified atom stereocenters. The Morgan fingerprint density at radius 2 is 2.33 bits per heavy atom. The molecule has 1 aromatic rings. The van der Waals surface area contributed by atoms with Gasteiger partial charge in [0.05, 0.1) is 6.61 Å². The smallest absolute Gasteiger partial charge is 0.119 e. The summed E-state index contributed by atoms with van der Waals surface area (Å²) in [5.74, 6) is 1.72. The van der Waals surface area contributed by atoms with Crippen molar-refractivity contribution in [2.75, 3.05) is 19.7 Å². The van der Waals surface area contributed by atoms with Gasteiger partial charge in [0.25, 0.3) is 0 Å². The number of benzene rings is 1. The summed E-state index contributed by atoms with van der Waals surface area (Å²) in [5, 5.41) is 4.27. The van der Waals surface area contributed by atoms with Gasteiger partial charge in [-0.05, 0) is 68.5 Å². The van der Waals surface area contributed by atoms with Gasteiger partial charge in [0, 0.05) is 5.02 Å². The van der Waals surface area contributed by atoms with E-state index >= 15 is 0 Å². The van der Waals surface area contributed by atoms with Crippen molar-refractivity contribution in [3.8, 4) is 5.75 Å². The number of halogens is 1. The van der Waals surface area contributed by atoms with Crippen molar-refractivity contribution in [1.29, 1.82) is 0 Å². The largest absolute Gasteiger partial charge is 0.494 e. The van der Waals surface area contributed by atoms with Crippen LogP contribution in [-0.2, 0) is 6.42 Å². The topological polar surface area (TPSA) is 21.3 Å².